The summed E-state index contributed by atoms with van der Waals surface area (Å²) in [5, 5.41) is 200. The van der Waals surface area contributed by atoms with E-state index in [1.54, 1.807) is 0 Å². The molecule has 518 valence electrons. The Morgan fingerprint density at radius 3 is 0.844 bits per heavy atom. The molecule has 0 radical (unpaired) electrons. The second-order valence-electron chi connectivity index (χ2n) is 21.8. The van der Waals surface area contributed by atoms with E-state index in [1.165, 1.54) is 21.6 Å². The van der Waals surface area contributed by atoms with Gasteiger partial charge in [0.05, 0.1) is 88.2 Å². The maximum Gasteiger partial charge on any atom is 0.364 e. The van der Waals surface area contributed by atoms with E-state index in [0.717, 1.165) is 27.7 Å². The number of carbonyl (C=O) groups excluding carboxylic acids is 4. The van der Waals surface area contributed by atoms with Crippen molar-refractivity contribution in [3.05, 3.63) is 0 Å². The number of nitrogens with one attached hydrogen (secondary N) is 4. The molecule has 0 aliphatic carbocycles. The third-order valence-electron chi connectivity index (χ3n) is 14.8. The number of hydrogen-bond acceptors (Lipinski definition) is 32. The molecule has 0 aromatic carbocycles. The molecule has 4 rings (SSSR count). The zero-order chi connectivity index (χ0) is 68.0. The Kier molecular flexibility index (Phi) is 29.6. The van der Waals surface area contributed by atoms with Crippen molar-refractivity contribution < 1.29 is 168 Å². The monoisotopic (exact) mass is 1350 g/mol. The highest BCUT2D eigenvalue weighted by Gasteiger charge is 2.61. The van der Waals surface area contributed by atoms with Crippen LogP contribution in [-0.2, 0) is 76.3 Å². The lowest BCUT2D eigenvalue weighted by Crippen LogP contribution is -2.69. The third-order valence-corrected chi connectivity index (χ3v) is 17.4. The van der Waals surface area contributed by atoms with Gasteiger partial charge in [0.1, 0.15) is 73.2 Å². The fourth-order valence-corrected chi connectivity index (χ4v) is 12.5. The van der Waals surface area contributed by atoms with Gasteiger partial charge in [-0.2, -0.15) is 0 Å². The molecule has 24 atom stereocenters. The zero-order valence-corrected chi connectivity index (χ0v) is 50.5. The molecule has 4 heterocycles. The van der Waals surface area contributed by atoms with Crippen LogP contribution in [0.4, 0.5) is 0 Å². The van der Waals surface area contributed by atoms with Gasteiger partial charge in [0.2, 0.25) is 23.6 Å². The molecule has 0 aromatic rings. The smallest absolute Gasteiger partial charge is 0.364 e. The van der Waals surface area contributed by atoms with E-state index in [-0.39, 0.29) is 24.3 Å². The summed E-state index contributed by atoms with van der Waals surface area (Å²) in [5.74, 6) is -22.0. The molecule has 38 nitrogen and oxygen atoms in total. The summed E-state index contributed by atoms with van der Waals surface area (Å²) in [6.07, 6.45) is -36.9. The lowest BCUT2D eigenvalue weighted by Gasteiger charge is -2.47. The lowest BCUT2D eigenvalue weighted by atomic mass is 9.88. The molecule has 0 aromatic heterocycles. The number of carbonyl (C=O) groups is 8. The van der Waals surface area contributed by atoms with E-state index in [2.05, 4.69) is 21.3 Å². The number of aliphatic carboxylic acids is 4. The van der Waals surface area contributed by atoms with Gasteiger partial charge in [-0.25, -0.2) is 19.2 Å². The van der Waals surface area contributed by atoms with Crippen LogP contribution in [0, 0.1) is 0 Å². The summed E-state index contributed by atoms with van der Waals surface area (Å²) in [5.41, 5.74) is 0. The molecular weight excluding hydrogens is 1260 g/mol. The van der Waals surface area contributed by atoms with Crippen molar-refractivity contribution in [3.63, 3.8) is 0 Å². The van der Waals surface area contributed by atoms with Gasteiger partial charge < -0.3 is 151 Å². The minimum atomic E-state index is -3.00. The number of rotatable bonds is 35. The van der Waals surface area contributed by atoms with Gasteiger partial charge in [-0.05, 0) is 12.8 Å². The number of ether oxygens (including phenoxy) is 8. The first-order chi connectivity index (χ1) is 42.0. The second kappa shape index (κ2) is 34.1. The molecule has 40 heteroatoms. The Balaban J connectivity index is 1.37. The maximum absolute atomic E-state index is 12.8. The van der Waals surface area contributed by atoms with Crippen molar-refractivity contribution in [2.45, 2.75) is 211 Å². The minimum Gasteiger partial charge on any atom is -0.477 e. The zero-order valence-electron chi connectivity index (χ0n) is 48.8. The van der Waals surface area contributed by atoms with E-state index in [1.807, 2.05) is 0 Å². The van der Waals surface area contributed by atoms with Crippen LogP contribution < -0.4 is 21.3 Å². The van der Waals surface area contributed by atoms with Crippen molar-refractivity contribution >= 4 is 69.1 Å². The second-order valence-corrected chi connectivity index (χ2v) is 24.5. The predicted octanol–water partition coefficient (Wildman–Crippen LogP) is -10.2. The van der Waals surface area contributed by atoms with Crippen LogP contribution in [0.2, 0.25) is 0 Å². The van der Waals surface area contributed by atoms with Crippen molar-refractivity contribution in [1.82, 2.24) is 21.3 Å². The van der Waals surface area contributed by atoms with Gasteiger partial charge in [0.25, 0.3) is 23.1 Å². The molecule has 0 unspecified atom stereocenters. The third kappa shape index (κ3) is 19.6. The molecule has 90 heavy (non-hydrogen) atoms. The Morgan fingerprint density at radius 2 is 0.633 bits per heavy atom. The molecule has 4 aliphatic rings. The van der Waals surface area contributed by atoms with Crippen molar-refractivity contribution in [2.24, 2.45) is 0 Å². The molecule has 4 fully saturated rings. The van der Waals surface area contributed by atoms with Crippen LogP contribution >= 0.6 is 21.6 Å². The largest absolute Gasteiger partial charge is 0.477 e. The van der Waals surface area contributed by atoms with Gasteiger partial charge >= 0.3 is 23.9 Å². The highest BCUT2D eigenvalue weighted by atomic mass is 33.1. The van der Waals surface area contributed by atoms with Crippen LogP contribution in [0.25, 0.3) is 0 Å². The summed E-state index contributed by atoms with van der Waals surface area (Å²) in [4.78, 5) is 99.3. The van der Waals surface area contributed by atoms with Gasteiger partial charge in [0.15, 0.2) is 0 Å². The first-order valence-corrected chi connectivity index (χ1v) is 30.4. The number of amides is 4. The van der Waals surface area contributed by atoms with E-state index in [4.69, 9.17) is 37.9 Å². The topological polar surface area (TPSA) is 623 Å². The quantitative estimate of drug-likeness (QED) is 0.0207. The molecule has 4 amide bonds. The van der Waals surface area contributed by atoms with Crippen LogP contribution in [0.1, 0.15) is 66.2 Å². The van der Waals surface area contributed by atoms with Crippen molar-refractivity contribution in [3.8, 4) is 0 Å². The molecule has 0 bridgehead atoms. The summed E-state index contributed by atoms with van der Waals surface area (Å²) in [7, 11) is 2.39. The lowest BCUT2D eigenvalue weighted by molar-refractivity contribution is -0.325. The Bertz CT molecular complexity index is 2270. The van der Waals surface area contributed by atoms with Gasteiger partial charge in [-0.3, -0.25) is 19.2 Å². The summed E-state index contributed by atoms with van der Waals surface area (Å²) in [6, 6.07) is -6.51. The highest BCUT2D eigenvalue weighted by molar-refractivity contribution is 8.76. The molecule has 4 aliphatic heterocycles. The average molecular weight is 1350 g/mol. The van der Waals surface area contributed by atoms with Crippen molar-refractivity contribution in [2.75, 3.05) is 51.1 Å². The Hall–Kier alpha value is -4.42. The first-order valence-electron chi connectivity index (χ1n) is 27.9. The molecule has 0 saturated carbocycles. The number of carboxylic acids is 4. The van der Waals surface area contributed by atoms with Crippen molar-refractivity contribution in [1.29, 1.82) is 0 Å². The van der Waals surface area contributed by atoms with Crippen LogP contribution in [0.15, 0.2) is 0 Å². The van der Waals surface area contributed by atoms with Crippen LogP contribution in [0.3, 0.4) is 0 Å². The highest BCUT2D eigenvalue weighted by Crippen LogP contribution is 2.39. The summed E-state index contributed by atoms with van der Waals surface area (Å²) >= 11 is 0. The standard InChI is InChI=1S/C50H82N4O34S2/c1-19(57)51-31-25(63)13-49(45(77)78,87-39(31)35(69)27(65)15-55)83-17-29(67)37(71)41-33(53-21(3)59)23(61)11-47(85-41,43(73)74)81-7-5-9-89-90-10-6-8-82-48(44(75)76)12-24(62)34(54-22(4)60)42(86-48)38(72)30(68)18-84-50(46(79)80)14-26(64)32(52-20(2)58)40(88-50)36(70)28(66)16-56/h23-42,55-56,61-72H,5-18H2,1-4H3,(H,51,57)(H,52,58)(H,53,59)(H,54,60)(H,73,74)(H,75,76)(H,77,78)(H,79,80)/t23-,24-,25-,26-,27+,28+,29+,30+,31+,32+,33+,34+,35+,36+,37+,38+,39+,40+,41+,42+,47+,48+,49+,50+/m0/s1. The molecule has 0 spiro atoms. The molecule has 22 N–H and O–H groups in total. The number of aliphatic hydroxyl groups excluding tert-OH is 14. The van der Waals surface area contributed by atoms with E-state index in [9.17, 15) is 130 Å². The van der Waals surface area contributed by atoms with E-state index in [0.29, 0.717) is 0 Å². The predicted molar refractivity (Wildman–Crippen MR) is 294 cm³/mol. The SMILES string of the molecule is CC(=O)N[C@H]1[C@H]([C@H](O)[C@H](O)CO)O[C@@](OC[C@@H](O)[C@@H](O)[C@@H]2O[C@@](OCCCSSCCCO[C@]3(C(=O)O)C[C@H](O)[C@@H](NC(C)=O)[C@H]([C@H](O)[C@H](O)CO[C@]4(C(=O)O)C[C@H](O)[C@@H](NC(C)=O)[C@H]([C@H](O)[C@H](O)CO)O4)O3)(C(=O)O)C[C@H](O)[C@H]2NC(C)=O)(C(=O)O)C[C@@H]1O. The number of carboxylic acid groups (broad SMARTS) is 4. The van der Waals surface area contributed by atoms with Crippen LogP contribution in [-0.4, -0.2) is 336 Å². The van der Waals surface area contributed by atoms with Gasteiger partial charge in [0, 0.05) is 64.9 Å². The minimum absolute atomic E-state index is 0.0616. The number of aliphatic hydroxyl groups is 14. The summed E-state index contributed by atoms with van der Waals surface area (Å²) < 4.78 is 44.5. The maximum atomic E-state index is 12.8. The Labute approximate surface area is 519 Å². The van der Waals surface area contributed by atoms with Gasteiger partial charge in [-0.1, -0.05) is 21.6 Å². The van der Waals surface area contributed by atoms with E-state index >= 15 is 0 Å². The van der Waals surface area contributed by atoms with E-state index < -0.39 is 258 Å². The van der Waals surface area contributed by atoms with Crippen LogP contribution in [0.5, 0.6) is 0 Å². The first kappa shape index (κ1) is 78.0. The fourth-order valence-electron chi connectivity index (χ4n) is 10.4. The normalized spacial score (nSPS) is 34.8. The number of hydrogen-bond donors (Lipinski definition) is 22. The molecule has 4 saturated heterocycles. The van der Waals surface area contributed by atoms with Gasteiger partial charge in [-0.15, -0.1) is 0 Å². The summed E-state index contributed by atoms with van der Waals surface area (Å²) in [6.45, 7) is -1.52. The average Bonchev–Trinajstić information content (AvgIpc) is 0.809. The fraction of sp³-hybridized carbons (Fsp3) is 0.840. The molecular formula is C50H82N4O34S2. The Morgan fingerprint density at radius 1 is 0.411 bits per heavy atom.